The highest BCUT2D eigenvalue weighted by Gasteiger charge is 2.66. The van der Waals surface area contributed by atoms with Crippen LogP contribution in [-0.2, 0) is 25.6 Å². The fourth-order valence-electron chi connectivity index (χ4n) is 4.26. The molecule has 0 aromatic carbocycles. The minimum atomic E-state index is -0.678. The number of hydrogen-bond donors (Lipinski definition) is 0. The molecule has 4 atom stereocenters. The molecule has 1 aromatic rings. The van der Waals surface area contributed by atoms with Crippen LogP contribution in [0.4, 0.5) is 0 Å². The van der Waals surface area contributed by atoms with Crippen LogP contribution in [0.2, 0.25) is 0 Å². The van der Waals surface area contributed by atoms with Crippen LogP contribution >= 0.6 is 0 Å². The van der Waals surface area contributed by atoms with Crippen molar-refractivity contribution in [2.75, 3.05) is 33.4 Å². The molecule has 1 spiro atoms. The number of carbonyl (C=O) groups is 2. The molecule has 0 radical (unpaired) electrons. The summed E-state index contributed by atoms with van der Waals surface area (Å²) in [6, 6.07) is 1.72. The minimum absolute atomic E-state index is 0.0234. The van der Waals surface area contributed by atoms with E-state index >= 15 is 0 Å². The average Bonchev–Trinajstić information content (AvgIpc) is 3.38. The highest BCUT2D eigenvalue weighted by molar-refractivity contribution is 5.93. The van der Waals surface area contributed by atoms with Crippen LogP contribution in [0.25, 0.3) is 0 Å². The molecule has 140 valence electrons. The molecule has 4 heterocycles. The number of rotatable bonds is 7. The number of hydrogen-bond acceptors (Lipinski definition) is 6. The average molecular weight is 361 g/mol. The third-order valence-electron chi connectivity index (χ3n) is 5.44. The zero-order chi connectivity index (χ0) is 18.3. The zero-order valence-electron chi connectivity index (χ0n) is 15.0. The zero-order valence-corrected chi connectivity index (χ0v) is 15.0. The van der Waals surface area contributed by atoms with Crippen LogP contribution in [0.3, 0.4) is 0 Å². The predicted octanol–water partition coefficient (Wildman–Crippen LogP) is 0.452. The molecule has 3 aliphatic rings. The Kier molecular flexibility index (Phi) is 4.32. The smallest absolute Gasteiger partial charge is 0.230 e. The molecule has 2 bridgehead atoms. The normalized spacial score (nSPS) is 31.7. The molecular weight excluding hydrogens is 338 g/mol. The van der Waals surface area contributed by atoms with Crippen LogP contribution in [0, 0.1) is 11.8 Å². The number of amides is 2. The van der Waals surface area contributed by atoms with E-state index in [0.717, 1.165) is 0 Å². The number of ether oxygens (including phenoxy) is 2. The van der Waals surface area contributed by atoms with Crippen LogP contribution in [0.5, 0.6) is 0 Å². The van der Waals surface area contributed by atoms with Crippen LogP contribution < -0.4 is 0 Å². The van der Waals surface area contributed by atoms with Gasteiger partial charge in [-0.3, -0.25) is 9.59 Å². The van der Waals surface area contributed by atoms with Crippen LogP contribution in [-0.4, -0.2) is 71.8 Å². The summed E-state index contributed by atoms with van der Waals surface area (Å²) in [5.74, 6) is -1.09. The van der Waals surface area contributed by atoms with Gasteiger partial charge in [0.2, 0.25) is 11.8 Å². The second kappa shape index (κ2) is 6.51. The Balaban J connectivity index is 1.50. The van der Waals surface area contributed by atoms with E-state index in [2.05, 4.69) is 5.16 Å². The van der Waals surface area contributed by atoms with Gasteiger partial charge in [0.25, 0.3) is 0 Å². The molecule has 0 aliphatic carbocycles. The van der Waals surface area contributed by atoms with Crippen molar-refractivity contribution in [3.8, 4) is 0 Å². The molecule has 8 nitrogen and oxygen atoms in total. The van der Waals surface area contributed by atoms with E-state index in [0.29, 0.717) is 38.5 Å². The number of aromatic nitrogens is 1. The molecule has 1 aromatic heterocycles. The Morgan fingerprint density at radius 2 is 2.38 bits per heavy atom. The summed E-state index contributed by atoms with van der Waals surface area (Å²) in [5, 5.41) is 3.84. The van der Waals surface area contributed by atoms with Crippen molar-refractivity contribution >= 4 is 11.8 Å². The summed E-state index contributed by atoms with van der Waals surface area (Å²) in [7, 11) is 1.71. The van der Waals surface area contributed by atoms with E-state index in [1.165, 1.54) is 6.26 Å². The number of carbonyl (C=O) groups excluding carboxylic acids is 2. The van der Waals surface area contributed by atoms with Gasteiger partial charge in [-0.2, -0.15) is 0 Å². The van der Waals surface area contributed by atoms with Gasteiger partial charge in [-0.15, -0.1) is 0 Å². The van der Waals surface area contributed by atoms with Crippen molar-refractivity contribution in [3.05, 3.63) is 30.2 Å². The Morgan fingerprint density at radius 1 is 1.54 bits per heavy atom. The van der Waals surface area contributed by atoms with E-state index in [1.807, 2.05) is 19.1 Å². The second-order valence-electron chi connectivity index (χ2n) is 7.04. The molecule has 0 N–H and O–H groups in total. The molecule has 26 heavy (non-hydrogen) atoms. The van der Waals surface area contributed by atoms with Gasteiger partial charge in [-0.05, 0) is 6.92 Å². The summed E-state index contributed by atoms with van der Waals surface area (Å²) in [5.41, 5.74) is -0.00509. The van der Waals surface area contributed by atoms with Crippen molar-refractivity contribution in [2.45, 2.75) is 25.2 Å². The van der Waals surface area contributed by atoms with E-state index in [4.69, 9.17) is 14.0 Å². The first-order valence-electron chi connectivity index (χ1n) is 8.93. The van der Waals surface area contributed by atoms with Crippen molar-refractivity contribution < 1.29 is 23.6 Å². The Hall–Kier alpha value is -2.19. The molecule has 3 aliphatic heterocycles. The fraction of sp³-hybridized carbons (Fsp3) is 0.611. The molecule has 2 saturated heterocycles. The van der Waals surface area contributed by atoms with Crippen molar-refractivity contribution in [2.24, 2.45) is 11.8 Å². The lowest BCUT2D eigenvalue weighted by Crippen LogP contribution is -2.44. The summed E-state index contributed by atoms with van der Waals surface area (Å²) < 4.78 is 16.3. The van der Waals surface area contributed by atoms with E-state index in [1.54, 1.807) is 22.9 Å². The maximum atomic E-state index is 13.1. The molecule has 4 rings (SSSR count). The standard InChI is InChI=1S/C18H23N3O5/c1-3-24-9-7-21-11-18-6-4-13(26-18)14(15(18)17(21)23)16(22)20(2)10-12-5-8-25-19-12/h4-6,8,13-15H,3,7,9-11H2,1-2H3/t13-,14?,15?,18-/m0/s1. The quantitative estimate of drug-likeness (QED) is 0.518. The van der Waals surface area contributed by atoms with Gasteiger partial charge in [0.15, 0.2) is 0 Å². The molecule has 8 heteroatoms. The summed E-state index contributed by atoms with van der Waals surface area (Å²) in [6.45, 7) is 4.36. The SMILES string of the molecule is CCOCCN1C[C@]23C=C[C@H](O2)C(C(=O)N(C)Cc2ccon2)C3C1=O. The van der Waals surface area contributed by atoms with Gasteiger partial charge in [0.1, 0.15) is 17.6 Å². The van der Waals surface area contributed by atoms with E-state index in [-0.39, 0.29) is 17.9 Å². The first-order valence-corrected chi connectivity index (χ1v) is 8.93. The third kappa shape index (κ3) is 2.64. The largest absolute Gasteiger partial charge is 0.380 e. The number of likely N-dealkylation sites (tertiary alicyclic amines) is 1. The first-order chi connectivity index (χ1) is 12.6. The molecular formula is C18H23N3O5. The van der Waals surface area contributed by atoms with Crippen LogP contribution in [0.1, 0.15) is 12.6 Å². The fourth-order valence-corrected chi connectivity index (χ4v) is 4.26. The summed E-state index contributed by atoms with van der Waals surface area (Å²) in [6.07, 6.45) is 5.01. The Labute approximate surface area is 151 Å². The minimum Gasteiger partial charge on any atom is -0.380 e. The van der Waals surface area contributed by atoms with Gasteiger partial charge in [-0.25, -0.2) is 0 Å². The molecule has 2 fully saturated rings. The van der Waals surface area contributed by atoms with Crippen molar-refractivity contribution in [3.63, 3.8) is 0 Å². The van der Waals surface area contributed by atoms with E-state index in [9.17, 15) is 9.59 Å². The highest BCUT2D eigenvalue weighted by Crippen LogP contribution is 2.52. The maximum Gasteiger partial charge on any atom is 0.230 e. The first kappa shape index (κ1) is 17.2. The topological polar surface area (TPSA) is 85.1 Å². The lowest BCUT2D eigenvalue weighted by atomic mass is 9.76. The Bertz CT molecular complexity index is 718. The van der Waals surface area contributed by atoms with Crippen molar-refractivity contribution in [1.82, 2.24) is 15.0 Å². The molecule has 0 saturated carbocycles. The summed E-state index contributed by atoms with van der Waals surface area (Å²) in [4.78, 5) is 29.4. The van der Waals surface area contributed by atoms with Gasteiger partial charge < -0.3 is 23.8 Å². The molecule has 2 amide bonds. The molecule has 2 unspecified atom stereocenters. The van der Waals surface area contributed by atoms with E-state index < -0.39 is 17.4 Å². The Morgan fingerprint density at radius 3 is 3.12 bits per heavy atom. The lowest BCUT2D eigenvalue weighted by Gasteiger charge is -2.27. The van der Waals surface area contributed by atoms with Crippen molar-refractivity contribution in [1.29, 1.82) is 0 Å². The summed E-state index contributed by atoms with van der Waals surface area (Å²) >= 11 is 0. The van der Waals surface area contributed by atoms with Crippen LogP contribution in [0.15, 0.2) is 29.0 Å². The van der Waals surface area contributed by atoms with Gasteiger partial charge >= 0.3 is 0 Å². The lowest BCUT2D eigenvalue weighted by molar-refractivity contribution is -0.143. The highest BCUT2D eigenvalue weighted by atomic mass is 16.5. The predicted molar refractivity (Wildman–Crippen MR) is 89.8 cm³/mol. The second-order valence-corrected chi connectivity index (χ2v) is 7.04. The van der Waals surface area contributed by atoms with Gasteiger partial charge in [0.05, 0.1) is 37.6 Å². The number of fused-ring (bicyclic) bond motifs is 1. The monoisotopic (exact) mass is 361 g/mol. The van der Waals surface area contributed by atoms with Gasteiger partial charge in [-0.1, -0.05) is 17.3 Å². The number of nitrogens with zero attached hydrogens (tertiary/aromatic N) is 3. The maximum absolute atomic E-state index is 13.1. The third-order valence-corrected chi connectivity index (χ3v) is 5.44. The van der Waals surface area contributed by atoms with Gasteiger partial charge in [0, 0.05) is 26.3 Å².